The minimum Gasteiger partial charge on any atom is -0.316 e. The third-order valence-corrected chi connectivity index (χ3v) is 5.22. The van der Waals surface area contributed by atoms with Crippen LogP contribution in [0.2, 0.25) is 0 Å². The Kier molecular flexibility index (Phi) is 4.52. The second-order valence-electron chi connectivity index (χ2n) is 7.35. The molecule has 0 atom stereocenters. The fourth-order valence-electron chi connectivity index (χ4n) is 3.83. The zero-order valence-electron chi connectivity index (χ0n) is 12.0. The lowest BCUT2D eigenvalue weighted by Gasteiger charge is -2.38. The highest BCUT2D eigenvalue weighted by atomic mass is 14.9. The quantitative estimate of drug-likeness (QED) is 0.758. The highest BCUT2D eigenvalue weighted by molar-refractivity contribution is 4.84. The van der Waals surface area contributed by atoms with E-state index in [-0.39, 0.29) is 0 Å². The van der Waals surface area contributed by atoms with Crippen molar-refractivity contribution in [2.24, 2.45) is 10.8 Å². The van der Waals surface area contributed by atoms with E-state index in [9.17, 15) is 0 Å². The molecule has 2 aliphatic rings. The molecule has 0 aromatic heterocycles. The SMILES string of the molecule is CC1(CNCC2(C)CCCCC2)CCCCC1. The van der Waals surface area contributed by atoms with Crippen LogP contribution in [0, 0.1) is 10.8 Å². The van der Waals surface area contributed by atoms with E-state index in [4.69, 9.17) is 0 Å². The monoisotopic (exact) mass is 237 g/mol. The van der Waals surface area contributed by atoms with Crippen molar-refractivity contribution in [3.05, 3.63) is 0 Å². The maximum absolute atomic E-state index is 3.81. The first kappa shape index (κ1) is 13.4. The van der Waals surface area contributed by atoms with Crippen LogP contribution in [0.4, 0.5) is 0 Å². The van der Waals surface area contributed by atoms with Crippen LogP contribution in [0.1, 0.15) is 78.1 Å². The summed E-state index contributed by atoms with van der Waals surface area (Å²) < 4.78 is 0. The molecular formula is C16H31N. The standard InChI is InChI=1S/C16H31N/c1-15(9-5-3-6-10-15)13-17-14-16(2)11-7-4-8-12-16/h17H,3-14H2,1-2H3. The smallest absolute Gasteiger partial charge is 0.000539 e. The largest absolute Gasteiger partial charge is 0.316 e. The Morgan fingerprint density at radius 2 is 1.00 bits per heavy atom. The van der Waals surface area contributed by atoms with Crippen molar-refractivity contribution in [2.75, 3.05) is 13.1 Å². The third kappa shape index (κ3) is 3.98. The van der Waals surface area contributed by atoms with Crippen molar-refractivity contribution >= 4 is 0 Å². The lowest BCUT2D eigenvalue weighted by atomic mass is 9.74. The van der Waals surface area contributed by atoms with Crippen molar-refractivity contribution in [3.63, 3.8) is 0 Å². The highest BCUT2D eigenvalue weighted by Crippen LogP contribution is 2.37. The van der Waals surface area contributed by atoms with E-state index in [1.54, 1.807) is 0 Å². The molecule has 1 heteroatoms. The summed E-state index contributed by atoms with van der Waals surface area (Å²) in [5.41, 5.74) is 1.20. The lowest BCUT2D eigenvalue weighted by molar-refractivity contribution is 0.170. The summed E-state index contributed by atoms with van der Waals surface area (Å²) in [6, 6.07) is 0. The number of rotatable bonds is 4. The van der Waals surface area contributed by atoms with Gasteiger partial charge in [-0.05, 0) is 36.5 Å². The lowest BCUT2D eigenvalue weighted by Crippen LogP contribution is -2.40. The summed E-state index contributed by atoms with van der Waals surface area (Å²) in [6.07, 6.45) is 14.5. The van der Waals surface area contributed by atoms with Gasteiger partial charge in [-0.25, -0.2) is 0 Å². The summed E-state index contributed by atoms with van der Waals surface area (Å²) in [5, 5.41) is 3.81. The van der Waals surface area contributed by atoms with Gasteiger partial charge < -0.3 is 5.32 Å². The predicted octanol–water partition coefficient (Wildman–Crippen LogP) is 4.52. The first-order chi connectivity index (χ1) is 8.12. The number of hydrogen-bond donors (Lipinski definition) is 1. The van der Waals surface area contributed by atoms with Gasteiger partial charge in [-0.1, -0.05) is 52.4 Å². The fraction of sp³-hybridized carbons (Fsp3) is 1.00. The molecule has 0 aromatic carbocycles. The van der Waals surface area contributed by atoms with Gasteiger partial charge in [-0.2, -0.15) is 0 Å². The van der Waals surface area contributed by atoms with Crippen LogP contribution in [0.5, 0.6) is 0 Å². The average Bonchev–Trinajstić information content (AvgIpc) is 2.30. The zero-order chi connectivity index (χ0) is 12.2. The van der Waals surface area contributed by atoms with Crippen LogP contribution in [-0.4, -0.2) is 13.1 Å². The molecule has 0 amide bonds. The maximum Gasteiger partial charge on any atom is 0.000539 e. The van der Waals surface area contributed by atoms with E-state index >= 15 is 0 Å². The Hall–Kier alpha value is -0.0400. The molecule has 0 bridgehead atoms. The molecule has 0 unspecified atom stereocenters. The zero-order valence-corrected chi connectivity index (χ0v) is 12.0. The molecule has 2 aliphatic carbocycles. The van der Waals surface area contributed by atoms with Gasteiger partial charge >= 0.3 is 0 Å². The van der Waals surface area contributed by atoms with Crippen molar-refractivity contribution in [1.82, 2.24) is 5.32 Å². The van der Waals surface area contributed by atoms with Crippen LogP contribution >= 0.6 is 0 Å². The van der Waals surface area contributed by atoms with Crippen molar-refractivity contribution < 1.29 is 0 Å². The maximum atomic E-state index is 3.81. The Morgan fingerprint density at radius 3 is 1.35 bits per heavy atom. The summed E-state index contributed by atoms with van der Waals surface area (Å²) in [5.74, 6) is 0. The second-order valence-corrected chi connectivity index (χ2v) is 7.35. The third-order valence-electron chi connectivity index (χ3n) is 5.22. The van der Waals surface area contributed by atoms with Gasteiger partial charge in [0.1, 0.15) is 0 Å². The number of nitrogens with one attached hydrogen (secondary N) is 1. The fourth-order valence-corrected chi connectivity index (χ4v) is 3.83. The Morgan fingerprint density at radius 1 is 0.647 bits per heavy atom. The van der Waals surface area contributed by atoms with Crippen molar-refractivity contribution in [3.8, 4) is 0 Å². The Labute approximate surface area is 108 Å². The van der Waals surface area contributed by atoms with Gasteiger partial charge in [0.05, 0.1) is 0 Å². The van der Waals surface area contributed by atoms with E-state index in [1.807, 2.05) is 0 Å². The van der Waals surface area contributed by atoms with Crippen LogP contribution in [-0.2, 0) is 0 Å². The van der Waals surface area contributed by atoms with E-state index < -0.39 is 0 Å². The molecule has 0 aliphatic heterocycles. The predicted molar refractivity (Wildman–Crippen MR) is 75.3 cm³/mol. The minimum atomic E-state index is 0.600. The first-order valence-electron chi connectivity index (χ1n) is 7.83. The van der Waals surface area contributed by atoms with E-state index in [0.717, 1.165) is 0 Å². The van der Waals surface area contributed by atoms with Gasteiger partial charge in [-0.15, -0.1) is 0 Å². The second kappa shape index (κ2) is 5.73. The van der Waals surface area contributed by atoms with Crippen LogP contribution < -0.4 is 5.32 Å². The molecule has 100 valence electrons. The van der Waals surface area contributed by atoms with Gasteiger partial charge in [0, 0.05) is 13.1 Å². The summed E-state index contributed by atoms with van der Waals surface area (Å²) in [6.45, 7) is 7.48. The van der Waals surface area contributed by atoms with Crippen molar-refractivity contribution in [1.29, 1.82) is 0 Å². The molecule has 0 heterocycles. The molecule has 1 N–H and O–H groups in total. The summed E-state index contributed by atoms with van der Waals surface area (Å²) >= 11 is 0. The Balaban J connectivity index is 1.70. The van der Waals surface area contributed by atoms with Crippen LogP contribution in [0.3, 0.4) is 0 Å². The van der Waals surface area contributed by atoms with Gasteiger partial charge in [0.2, 0.25) is 0 Å². The molecule has 2 saturated carbocycles. The van der Waals surface area contributed by atoms with E-state index in [1.165, 1.54) is 77.3 Å². The highest BCUT2D eigenvalue weighted by Gasteiger charge is 2.29. The molecule has 0 aromatic rings. The van der Waals surface area contributed by atoms with E-state index in [0.29, 0.717) is 10.8 Å². The number of hydrogen-bond acceptors (Lipinski definition) is 1. The van der Waals surface area contributed by atoms with Gasteiger partial charge in [0.25, 0.3) is 0 Å². The van der Waals surface area contributed by atoms with Gasteiger partial charge in [-0.3, -0.25) is 0 Å². The molecule has 17 heavy (non-hydrogen) atoms. The molecule has 2 rings (SSSR count). The molecule has 0 saturated heterocycles. The molecule has 1 nitrogen and oxygen atoms in total. The summed E-state index contributed by atoms with van der Waals surface area (Å²) in [7, 11) is 0. The molecule has 0 spiro atoms. The van der Waals surface area contributed by atoms with Gasteiger partial charge in [0.15, 0.2) is 0 Å². The van der Waals surface area contributed by atoms with Crippen molar-refractivity contribution in [2.45, 2.75) is 78.1 Å². The topological polar surface area (TPSA) is 12.0 Å². The molecule has 2 fully saturated rings. The first-order valence-corrected chi connectivity index (χ1v) is 7.83. The minimum absolute atomic E-state index is 0.600. The van der Waals surface area contributed by atoms with Crippen LogP contribution in [0.25, 0.3) is 0 Å². The normalized spacial score (nSPS) is 27.9. The summed E-state index contributed by atoms with van der Waals surface area (Å²) in [4.78, 5) is 0. The molecule has 0 radical (unpaired) electrons. The molecular weight excluding hydrogens is 206 g/mol. The Bertz CT molecular complexity index is 198. The van der Waals surface area contributed by atoms with Crippen LogP contribution in [0.15, 0.2) is 0 Å². The van der Waals surface area contributed by atoms with E-state index in [2.05, 4.69) is 19.2 Å². The average molecular weight is 237 g/mol.